The maximum Gasteiger partial charge on any atom is 0.0367 e. The molecule has 0 bridgehead atoms. The van der Waals surface area contributed by atoms with Crippen LogP contribution in [0.4, 0.5) is 0 Å². The summed E-state index contributed by atoms with van der Waals surface area (Å²) in [6, 6.07) is 14.5. The van der Waals surface area contributed by atoms with Crippen LogP contribution in [0.15, 0.2) is 42.5 Å². The molecule has 0 aliphatic rings. The molecular formula is C14H8S. The molecule has 2 aromatic carbocycles. The minimum absolute atomic E-state index is 0.991. The molecule has 1 heterocycles. The molecule has 0 aliphatic heterocycles. The van der Waals surface area contributed by atoms with Gasteiger partial charge in [0.25, 0.3) is 0 Å². The standard InChI is InChI=1S/C14H8S/c1-2-10-6-5-9-13-14(10)11-7-3-4-8-12(11)15-13/h1,3-9H. The zero-order valence-electron chi connectivity index (χ0n) is 8.03. The lowest BCUT2D eigenvalue weighted by molar-refractivity contribution is 1.78. The topological polar surface area (TPSA) is 0 Å². The summed E-state index contributed by atoms with van der Waals surface area (Å²) < 4.78 is 2.57. The van der Waals surface area contributed by atoms with Crippen LogP contribution < -0.4 is 0 Å². The summed E-state index contributed by atoms with van der Waals surface area (Å²) in [6.07, 6.45) is 5.52. The molecule has 1 aromatic heterocycles. The maximum absolute atomic E-state index is 5.52. The van der Waals surface area contributed by atoms with Gasteiger partial charge in [-0.05, 0) is 18.2 Å². The van der Waals surface area contributed by atoms with E-state index in [-0.39, 0.29) is 0 Å². The summed E-state index contributed by atoms with van der Waals surface area (Å²) >= 11 is 1.80. The van der Waals surface area contributed by atoms with Crippen molar-refractivity contribution in [1.82, 2.24) is 0 Å². The minimum atomic E-state index is 0.991. The number of thiophene rings is 1. The molecule has 0 aliphatic carbocycles. The summed E-state index contributed by atoms with van der Waals surface area (Å²) in [5.74, 6) is 2.75. The molecule has 1 heteroatoms. The van der Waals surface area contributed by atoms with Gasteiger partial charge in [0.2, 0.25) is 0 Å². The molecule has 0 N–H and O–H groups in total. The van der Waals surface area contributed by atoms with E-state index in [4.69, 9.17) is 6.42 Å². The van der Waals surface area contributed by atoms with Crippen LogP contribution in [0, 0.1) is 12.3 Å². The van der Waals surface area contributed by atoms with E-state index in [2.05, 4.69) is 36.3 Å². The van der Waals surface area contributed by atoms with E-state index in [1.807, 2.05) is 12.1 Å². The molecular weight excluding hydrogens is 200 g/mol. The second-order valence-corrected chi connectivity index (χ2v) is 4.51. The molecule has 0 unspecified atom stereocenters. The van der Waals surface area contributed by atoms with Gasteiger partial charge >= 0.3 is 0 Å². The normalized spacial score (nSPS) is 10.6. The fourth-order valence-corrected chi connectivity index (χ4v) is 3.03. The van der Waals surface area contributed by atoms with Crippen LogP contribution in [-0.2, 0) is 0 Å². The molecule has 0 saturated carbocycles. The number of rotatable bonds is 0. The average molecular weight is 208 g/mol. The highest BCUT2D eigenvalue weighted by Crippen LogP contribution is 2.35. The Morgan fingerprint density at radius 1 is 0.933 bits per heavy atom. The van der Waals surface area contributed by atoms with E-state index >= 15 is 0 Å². The Balaban J connectivity index is 2.64. The van der Waals surface area contributed by atoms with Crippen molar-refractivity contribution in [3.63, 3.8) is 0 Å². The van der Waals surface area contributed by atoms with Crippen LogP contribution in [0.3, 0.4) is 0 Å². The Morgan fingerprint density at radius 2 is 1.73 bits per heavy atom. The zero-order valence-corrected chi connectivity index (χ0v) is 8.84. The lowest BCUT2D eigenvalue weighted by Crippen LogP contribution is -1.74. The Morgan fingerprint density at radius 3 is 2.60 bits per heavy atom. The van der Waals surface area contributed by atoms with Crippen molar-refractivity contribution in [3.8, 4) is 12.3 Å². The number of hydrogen-bond acceptors (Lipinski definition) is 1. The maximum atomic E-state index is 5.52. The minimum Gasteiger partial charge on any atom is -0.135 e. The second kappa shape index (κ2) is 3.12. The van der Waals surface area contributed by atoms with Crippen LogP contribution >= 0.6 is 11.3 Å². The average Bonchev–Trinajstić information content (AvgIpc) is 2.67. The van der Waals surface area contributed by atoms with Gasteiger partial charge in [-0.3, -0.25) is 0 Å². The van der Waals surface area contributed by atoms with E-state index < -0.39 is 0 Å². The van der Waals surface area contributed by atoms with Gasteiger partial charge in [-0.15, -0.1) is 17.8 Å². The number of terminal acetylenes is 1. The van der Waals surface area contributed by atoms with Gasteiger partial charge in [0, 0.05) is 25.7 Å². The first kappa shape index (κ1) is 8.52. The predicted molar refractivity (Wildman–Crippen MR) is 67.3 cm³/mol. The lowest BCUT2D eigenvalue weighted by Gasteiger charge is -1.94. The first-order valence-electron chi connectivity index (χ1n) is 4.77. The van der Waals surface area contributed by atoms with Crippen molar-refractivity contribution in [1.29, 1.82) is 0 Å². The van der Waals surface area contributed by atoms with Gasteiger partial charge < -0.3 is 0 Å². The van der Waals surface area contributed by atoms with E-state index in [0.717, 1.165) is 5.56 Å². The van der Waals surface area contributed by atoms with Gasteiger partial charge in [0.05, 0.1) is 0 Å². The Hall–Kier alpha value is -1.78. The molecule has 0 atom stereocenters. The monoisotopic (exact) mass is 208 g/mol. The molecule has 0 radical (unpaired) electrons. The van der Waals surface area contributed by atoms with Gasteiger partial charge in [-0.25, -0.2) is 0 Å². The quantitative estimate of drug-likeness (QED) is 0.489. The van der Waals surface area contributed by atoms with Gasteiger partial charge in [-0.2, -0.15) is 0 Å². The summed E-state index contributed by atoms with van der Waals surface area (Å²) in [4.78, 5) is 0. The second-order valence-electron chi connectivity index (χ2n) is 3.42. The summed E-state index contributed by atoms with van der Waals surface area (Å²) in [5.41, 5.74) is 0.991. The first-order chi connectivity index (χ1) is 7.40. The van der Waals surface area contributed by atoms with Crippen molar-refractivity contribution in [3.05, 3.63) is 48.0 Å². The fourth-order valence-electron chi connectivity index (χ4n) is 1.89. The summed E-state index contributed by atoms with van der Waals surface area (Å²) in [5, 5.41) is 2.49. The summed E-state index contributed by atoms with van der Waals surface area (Å²) in [6.45, 7) is 0. The van der Waals surface area contributed by atoms with Crippen LogP contribution in [-0.4, -0.2) is 0 Å². The van der Waals surface area contributed by atoms with E-state index in [0.29, 0.717) is 0 Å². The smallest absolute Gasteiger partial charge is 0.0367 e. The number of benzene rings is 2. The molecule has 0 spiro atoms. The van der Waals surface area contributed by atoms with Gasteiger partial charge in [0.1, 0.15) is 0 Å². The molecule has 0 fully saturated rings. The molecule has 0 nitrogen and oxygen atoms in total. The fraction of sp³-hybridized carbons (Fsp3) is 0. The van der Waals surface area contributed by atoms with Gasteiger partial charge in [0.15, 0.2) is 0 Å². The highest BCUT2D eigenvalue weighted by molar-refractivity contribution is 7.25. The van der Waals surface area contributed by atoms with E-state index in [1.54, 1.807) is 11.3 Å². The molecule has 3 aromatic rings. The molecule has 0 saturated heterocycles. The zero-order chi connectivity index (χ0) is 10.3. The SMILES string of the molecule is C#Cc1cccc2sc3ccccc3c12. The molecule has 0 amide bonds. The number of fused-ring (bicyclic) bond motifs is 3. The van der Waals surface area contributed by atoms with Crippen molar-refractivity contribution >= 4 is 31.5 Å². The Bertz CT molecular complexity index is 683. The molecule has 3 rings (SSSR count). The third kappa shape index (κ3) is 1.16. The van der Waals surface area contributed by atoms with Crippen molar-refractivity contribution in [2.24, 2.45) is 0 Å². The molecule has 70 valence electrons. The van der Waals surface area contributed by atoms with Gasteiger partial charge in [-0.1, -0.05) is 30.2 Å². The summed E-state index contributed by atoms with van der Waals surface area (Å²) in [7, 11) is 0. The van der Waals surface area contributed by atoms with E-state index in [9.17, 15) is 0 Å². The van der Waals surface area contributed by atoms with Crippen molar-refractivity contribution < 1.29 is 0 Å². The Kier molecular flexibility index (Phi) is 1.77. The van der Waals surface area contributed by atoms with Crippen LogP contribution in [0.5, 0.6) is 0 Å². The third-order valence-electron chi connectivity index (χ3n) is 2.56. The lowest BCUT2D eigenvalue weighted by atomic mass is 10.1. The highest BCUT2D eigenvalue weighted by Gasteiger charge is 2.06. The van der Waals surface area contributed by atoms with Crippen LogP contribution in [0.1, 0.15) is 5.56 Å². The largest absolute Gasteiger partial charge is 0.135 e. The van der Waals surface area contributed by atoms with Crippen molar-refractivity contribution in [2.75, 3.05) is 0 Å². The van der Waals surface area contributed by atoms with Crippen molar-refractivity contribution in [2.45, 2.75) is 0 Å². The predicted octanol–water partition coefficient (Wildman–Crippen LogP) is 4.04. The Labute approximate surface area is 92.2 Å². The van der Waals surface area contributed by atoms with Crippen LogP contribution in [0.2, 0.25) is 0 Å². The first-order valence-corrected chi connectivity index (χ1v) is 5.58. The highest BCUT2D eigenvalue weighted by atomic mass is 32.1. The number of hydrogen-bond donors (Lipinski definition) is 0. The van der Waals surface area contributed by atoms with E-state index in [1.165, 1.54) is 20.2 Å². The molecule has 15 heavy (non-hydrogen) atoms. The third-order valence-corrected chi connectivity index (χ3v) is 3.69. The van der Waals surface area contributed by atoms with Crippen LogP contribution in [0.25, 0.3) is 20.2 Å².